The molecule has 0 saturated heterocycles. The van der Waals surface area contributed by atoms with Crippen LogP contribution < -0.4 is 11.5 Å². The maximum absolute atomic E-state index is 5.68. The van der Waals surface area contributed by atoms with Gasteiger partial charge in [-0.05, 0) is 41.8 Å². The van der Waals surface area contributed by atoms with Crippen molar-refractivity contribution in [1.29, 1.82) is 0 Å². The Labute approximate surface area is 101 Å². The lowest BCUT2D eigenvalue weighted by atomic mass is 9.80. The van der Waals surface area contributed by atoms with Crippen molar-refractivity contribution in [3.8, 4) is 0 Å². The van der Waals surface area contributed by atoms with E-state index in [1.165, 1.54) is 0 Å². The van der Waals surface area contributed by atoms with Crippen molar-refractivity contribution < 1.29 is 0 Å². The van der Waals surface area contributed by atoms with Crippen LogP contribution >= 0.6 is 0 Å². The molecular weight excluding hydrogens is 200 g/mol. The topological polar surface area (TPSA) is 58.5 Å². The van der Waals surface area contributed by atoms with Crippen molar-refractivity contribution in [2.24, 2.45) is 11.5 Å². The van der Waals surface area contributed by atoms with Gasteiger partial charge in [-0.1, -0.05) is 0 Å². The number of likely N-dealkylation sites (N-methyl/N-ethyl adjacent to an activating group) is 1. The number of rotatable bonds is 7. The van der Waals surface area contributed by atoms with Gasteiger partial charge in [0.15, 0.2) is 0 Å². The van der Waals surface area contributed by atoms with Gasteiger partial charge >= 0.3 is 0 Å². The molecule has 4 nitrogen and oxygen atoms in total. The highest BCUT2D eigenvalue weighted by molar-refractivity contribution is 5.01. The van der Waals surface area contributed by atoms with Gasteiger partial charge < -0.3 is 16.4 Å². The molecule has 0 aliphatic rings. The zero-order valence-corrected chi connectivity index (χ0v) is 11.9. The van der Waals surface area contributed by atoms with Crippen molar-refractivity contribution in [2.45, 2.75) is 38.8 Å². The summed E-state index contributed by atoms with van der Waals surface area (Å²) in [7, 11) is 4.23. The SMILES string of the molecule is CN(C)C(C)(C)C(C)(C)N(CCN)CCN. The van der Waals surface area contributed by atoms with Gasteiger partial charge in [-0.2, -0.15) is 0 Å². The predicted octanol–water partition coefficient (Wildman–Crippen LogP) is 0.325. The number of nitrogens with zero attached hydrogens (tertiary/aromatic N) is 2. The van der Waals surface area contributed by atoms with Gasteiger partial charge in [0.1, 0.15) is 0 Å². The monoisotopic (exact) mass is 230 g/mol. The molecule has 0 aromatic carbocycles. The van der Waals surface area contributed by atoms with E-state index in [2.05, 4.69) is 51.6 Å². The first-order valence-corrected chi connectivity index (χ1v) is 6.04. The van der Waals surface area contributed by atoms with Gasteiger partial charge in [0, 0.05) is 37.3 Å². The summed E-state index contributed by atoms with van der Waals surface area (Å²) in [6.45, 7) is 12.2. The second kappa shape index (κ2) is 5.96. The Morgan fingerprint density at radius 1 is 0.812 bits per heavy atom. The minimum absolute atomic E-state index is 0.0369. The lowest BCUT2D eigenvalue weighted by molar-refractivity contribution is -0.0107. The quantitative estimate of drug-likeness (QED) is 0.661. The summed E-state index contributed by atoms with van der Waals surface area (Å²) >= 11 is 0. The van der Waals surface area contributed by atoms with Crippen LogP contribution in [0.25, 0.3) is 0 Å². The average Bonchev–Trinajstić information content (AvgIpc) is 2.16. The molecule has 0 heterocycles. The third kappa shape index (κ3) is 3.17. The van der Waals surface area contributed by atoms with Gasteiger partial charge in [0.05, 0.1) is 0 Å². The molecule has 0 amide bonds. The molecule has 0 atom stereocenters. The van der Waals surface area contributed by atoms with E-state index in [9.17, 15) is 0 Å². The molecule has 0 aliphatic heterocycles. The van der Waals surface area contributed by atoms with Crippen LogP contribution in [0.3, 0.4) is 0 Å². The fraction of sp³-hybridized carbons (Fsp3) is 1.00. The van der Waals surface area contributed by atoms with Crippen molar-refractivity contribution in [1.82, 2.24) is 9.80 Å². The van der Waals surface area contributed by atoms with Gasteiger partial charge in [0.25, 0.3) is 0 Å². The normalized spacial score (nSPS) is 13.9. The minimum atomic E-state index is 0.0369. The highest BCUT2D eigenvalue weighted by Gasteiger charge is 2.42. The molecular formula is C12H30N4. The van der Waals surface area contributed by atoms with Crippen LogP contribution in [0.2, 0.25) is 0 Å². The molecule has 0 aliphatic carbocycles. The smallest absolute Gasteiger partial charge is 0.0332 e. The average molecular weight is 230 g/mol. The Morgan fingerprint density at radius 2 is 1.19 bits per heavy atom. The van der Waals surface area contributed by atoms with Crippen LogP contribution in [-0.2, 0) is 0 Å². The molecule has 0 rings (SSSR count). The standard InChI is InChI=1S/C12H30N4/c1-11(2,15(5)6)12(3,4)16(9-7-13)10-8-14/h7-10,13-14H2,1-6H3. The lowest BCUT2D eigenvalue weighted by Gasteiger charge is -2.52. The first-order valence-electron chi connectivity index (χ1n) is 6.04. The molecule has 16 heavy (non-hydrogen) atoms. The summed E-state index contributed by atoms with van der Waals surface area (Å²) in [6.07, 6.45) is 0. The van der Waals surface area contributed by atoms with Crippen molar-refractivity contribution >= 4 is 0 Å². The van der Waals surface area contributed by atoms with Crippen LogP contribution in [0.5, 0.6) is 0 Å². The lowest BCUT2D eigenvalue weighted by Crippen LogP contribution is -2.65. The number of hydrogen-bond acceptors (Lipinski definition) is 4. The fourth-order valence-corrected chi connectivity index (χ4v) is 1.92. The van der Waals surface area contributed by atoms with Crippen LogP contribution in [0.1, 0.15) is 27.7 Å². The van der Waals surface area contributed by atoms with Gasteiger partial charge in [-0.25, -0.2) is 0 Å². The van der Waals surface area contributed by atoms with Gasteiger partial charge in [-0.3, -0.25) is 4.90 Å². The van der Waals surface area contributed by atoms with E-state index in [1.807, 2.05) is 0 Å². The molecule has 0 aromatic heterocycles. The Hall–Kier alpha value is -0.160. The van der Waals surface area contributed by atoms with E-state index in [0.29, 0.717) is 13.1 Å². The molecule has 98 valence electrons. The second-order valence-corrected chi connectivity index (χ2v) is 5.58. The highest BCUT2D eigenvalue weighted by atomic mass is 15.3. The predicted molar refractivity (Wildman–Crippen MR) is 71.5 cm³/mol. The molecule has 0 saturated carbocycles. The zero-order chi connectivity index (χ0) is 13.0. The van der Waals surface area contributed by atoms with Crippen LogP contribution in [0.15, 0.2) is 0 Å². The van der Waals surface area contributed by atoms with Crippen LogP contribution in [0, 0.1) is 0 Å². The van der Waals surface area contributed by atoms with Crippen molar-refractivity contribution in [3.63, 3.8) is 0 Å². The van der Waals surface area contributed by atoms with E-state index in [1.54, 1.807) is 0 Å². The third-order valence-electron chi connectivity index (χ3n) is 4.20. The Bertz CT molecular complexity index is 193. The molecule has 0 aromatic rings. The maximum Gasteiger partial charge on any atom is 0.0332 e. The van der Waals surface area contributed by atoms with Crippen molar-refractivity contribution in [2.75, 3.05) is 40.3 Å². The summed E-state index contributed by atoms with van der Waals surface area (Å²) < 4.78 is 0. The minimum Gasteiger partial charge on any atom is -0.329 e. The maximum atomic E-state index is 5.68. The van der Waals surface area contributed by atoms with E-state index >= 15 is 0 Å². The molecule has 0 spiro atoms. The third-order valence-corrected chi connectivity index (χ3v) is 4.20. The summed E-state index contributed by atoms with van der Waals surface area (Å²) in [4.78, 5) is 4.64. The number of hydrogen-bond donors (Lipinski definition) is 2. The van der Waals surface area contributed by atoms with E-state index < -0.39 is 0 Å². The van der Waals surface area contributed by atoms with Crippen LogP contribution in [0.4, 0.5) is 0 Å². The second-order valence-electron chi connectivity index (χ2n) is 5.58. The molecule has 4 N–H and O–H groups in total. The van der Waals surface area contributed by atoms with E-state index in [-0.39, 0.29) is 11.1 Å². The first-order chi connectivity index (χ1) is 7.21. The highest BCUT2D eigenvalue weighted by Crippen LogP contribution is 2.31. The molecule has 0 bridgehead atoms. The fourth-order valence-electron chi connectivity index (χ4n) is 1.92. The Kier molecular flexibility index (Phi) is 5.90. The first kappa shape index (κ1) is 15.8. The van der Waals surface area contributed by atoms with E-state index in [0.717, 1.165) is 13.1 Å². The van der Waals surface area contributed by atoms with Crippen LogP contribution in [-0.4, -0.2) is 61.2 Å². The summed E-state index contributed by atoms with van der Waals surface area (Å²) in [5, 5.41) is 0. The Morgan fingerprint density at radius 3 is 1.44 bits per heavy atom. The number of nitrogens with two attached hydrogens (primary N) is 2. The zero-order valence-electron chi connectivity index (χ0n) is 11.9. The molecule has 0 fully saturated rings. The summed E-state index contributed by atoms with van der Waals surface area (Å²) in [5.41, 5.74) is 11.5. The summed E-state index contributed by atoms with van der Waals surface area (Å²) in [5.74, 6) is 0. The summed E-state index contributed by atoms with van der Waals surface area (Å²) in [6, 6.07) is 0. The van der Waals surface area contributed by atoms with Gasteiger partial charge in [-0.15, -0.1) is 0 Å². The molecule has 0 unspecified atom stereocenters. The largest absolute Gasteiger partial charge is 0.329 e. The van der Waals surface area contributed by atoms with E-state index in [4.69, 9.17) is 11.5 Å². The molecule has 4 heteroatoms. The van der Waals surface area contributed by atoms with Gasteiger partial charge in [0.2, 0.25) is 0 Å². The van der Waals surface area contributed by atoms with Crippen molar-refractivity contribution in [3.05, 3.63) is 0 Å². The Balaban J connectivity index is 4.95. The molecule has 0 radical (unpaired) electrons.